The van der Waals surface area contributed by atoms with Crippen LogP contribution in [-0.4, -0.2) is 15.4 Å². The summed E-state index contributed by atoms with van der Waals surface area (Å²) in [5, 5.41) is 9.63. The van der Waals surface area contributed by atoms with Gasteiger partial charge in [-0.05, 0) is 0 Å². The Morgan fingerprint density at radius 1 is 1.89 bits per heavy atom. The largest absolute Gasteiger partial charge is 0.313 e. The van der Waals surface area contributed by atoms with Gasteiger partial charge in [-0.25, -0.2) is 0 Å². The summed E-state index contributed by atoms with van der Waals surface area (Å²) in [6.45, 7) is 0. The Morgan fingerprint density at radius 2 is 2.67 bits per heavy atom. The topological polar surface area (TPSA) is 67.6 Å². The van der Waals surface area contributed by atoms with Crippen LogP contribution in [0.4, 0.5) is 0 Å². The summed E-state index contributed by atoms with van der Waals surface area (Å²) >= 11 is 0. The molecule has 4 nitrogen and oxygen atoms in total. The highest BCUT2D eigenvalue weighted by Gasteiger charge is 2.02. The third-order valence-electron chi connectivity index (χ3n) is 0.932. The minimum atomic E-state index is -0.441. The first kappa shape index (κ1) is 5.79. The molecule has 1 atom stereocenters. The zero-order valence-corrected chi connectivity index (χ0v) is 4.70. The van der Waals surface area contributed by atoms with Crippen molar-refractivity contribution in [3.63, 3.8) is 0 Å². The molecule has 0 aliphatic rings. The maximum absolute atomic E-state index is 5.38. The van der Waals surface area contributed by atoms with E-state index in [0.29, 0.717) is 5.69 Å². The van der Waals surface area contributed by atoms with Crippen LogP contribution in [0.3, 0.4) is 0 Å². The molecule has 0 bridgehead atoms. The fraction of sp³-hybridized carbons (Fsp3) is 0.200. The van der Waals surface area contributed by atoms with Crippen LogP contribution < -0.4 is 5.73 Å². The summed E-state index contributed by atoms with van der Waals surface area (Å²) in [6.07, 6.45) is 6.51. The quantitative estimate of drug-likeness (QED) is 0.490. The third kappa shape index (κ3) is 1.06. The fourth-order valence-electron chi connectivity index (χ4n) is 0.446. The van der Waals surface area contributed by atoms with E-state index in [0.717, 1.165) is 0 Å². The summed E-state index contributed by atoms with van der Waals surface area (Å²) in [4.78, 5) is 0. The lowest BCUT2D eigenvalue weighted by atomic mass is 10.2. The standard InChI is InChI=1S/C5H6N4/c1-2-4(6)5-3-7-9-8-5/h1,3-4H,6H2,(H,7,8,9). The molecule has 1 unspecified atom stereocenters. The van der Waals surface area contributed by atoms with E-state index in [1.54, 1.807) is 0 Å². The van der Waals surface area contributed by atoms with Gasteiger partial charge in [0.05, 0.1) is 6.20 Å². The molecule has 0 amide bonds. The molecule has 1 rings (SSSR count). The van der Waals surface area contributed by atoms with E-state index in [9.17, 15) is 0 Å². The Kier molecular flexibility index (Phi) is 1.47. The van der Waals surface area contributed by atoms with Gasteiger partial charge in [-0.3, -0.25) is 0 Å². The molecule has 0 saturated heterocycles. The molecule has 46 valence electrons. The lowest BCUT2D eigenvalue weighted by Gasteiger charge is -1.93. The van der Waals surface area contributed by atoms with Crippen molar-refractivity contribution in [3.8, 4) is 12.3 Å². The van der Waals surface area contributed by atoms with Gasteiger partial charge in [-0.15, -0.1) is 6.42 Å². The van der Waals surface area contributed by atoms with Crippen molar-refractivity contribution < 1.29 is 0 Å². The molecule has 3 N–H and O–H groups in total. The highest BCUT2D eigenvalue weighted by molar-refractivity contribution is 5.12. The fourth-order valence-corrected chi connectivity index (χ4v) is 0.446. The van der Waals surface area contributed by atoms with Crippen molar-refractivity contribution in [1.82, 2.24) is 15.4 Å². The van der Waals surface area contributed by atoms with Crippen LogP contribution in [-0.2, 0) is 0 Å². The second kappa shape index (κ2) is 2.29. The van der Waals surface area contributed by atoms with Gasteiger partial charge in [0.15, 0.2) is 0 Å². The molecule has 1 aromatic rings. The Hall–Kier alpha value is -1.34. The molecule has 0 radical (unpaired) electrons. The highest BCUT2D eigenvalue weighted by atomic mass is 15.3. The summed E-state index contributed by atoms with van der Waals surface area (Å²) in [6, 6.07) is -0.441. The van der Waals surface area contributed by atoms with Gasteiger partial charge in [0, 0.05) is 0 Å². The molecule has 9 heavy (non-hydrogen) atoms. The smallest absolute Gasteiger partial charge is 0.112 e. The molecule has 1 aromatic heterocycles. The number of H-pyrrole nitrogens is 1. The first-order valence-electron chi connectivity index (χ1n) is 2.42. The molecular weight excluding hydrogens is 116 g/mol. The number of aromatic amines is 1. The van der Waals surface area contributed by atoms with Crippen molar-refractivity contribution in [2.45, 2.75) is 6.04 Å². The van der Waals surface area contributed by atoms with Gasteiger partial charge in [0.2, 0.25) is 0 Å². The Morgan fingerprint density at radius 3 is 3.11 bits per heavy atom. The van der Waals surface area contributed by atoms with Crippen LogP contribution in [0.15, 0.2) is 6.20 Å². The Balaban J connectivity index is 2.80. The maximum atomic E-state index is 5.38. The second-order valence-corrected chi connectivity index (χ2v) is 1.54. The first-order valence-corrected chi connectivity index (χ1v) is 2.42. The van der Waals surface area contributed by atoms with E-state index in [4.69, 9.17) is 12.2 Å². The number of aromatic nitrogens is 3. The lowest BCUT2D eigenvalue weighted by Crippen LogP contribution is -2.07. The number of hydrogen-bond donors (Lipinski definition) is 2. The monoisotopic (exact) mass is 122 g/mol. The summed E-state index contributed by atoms with van der Waals surface area (Å²) in [5.41, 5.74) is 5.98. The van der Waals surface area contributed by atoms with E-state index >= 15 is 0 Å². The van der Waals surface area contributed by atoms with Crippen molar-refractivity contribution >= 4 is 0 Å². The Labute approximate surface area is 52.5 Å². The average Bonchev–Trinajstić information content (AvgIpc) is 2.37. The minimum Gasteiger partial charge on any atom is -0.313 e. The lowest BCUT2D eigenvalue weighted by molar-refractivity contribution is 0.853. The molecule has 0 saturated carbocycles. The van der Waals surface area contributed by atoms with Crippen LogP contribution in [0.2, 0.25) is 0 Å². The molecule has 0 fully saturated rings. The van der Waals surface area contributed by atoms with Crippen molar-refractivity contribution in [2.24, 2.45) is 5.73 Å². The number of nitrogens with one attached hydrogen (secondary N) is 1. The van der Waals surface area contributed by atoms with Crippen LogP contribution in [0, 0.1) is 12.3 Å². The molecule has 4 heteroatoms. The molecule has 0 aromatic carbocycles. The zero-order chi connectivity index (χ0) is 6.69. The van der Waals surface area contributed by atoms with Gasteiger partial charge >= 0.3 is 0 Å². The molecular formula is C5H6N4. The SMILES string of the molecule is C#CC(N)c1cn[nH]n1. The highest BCUT2D eigenvalue weighted by Crippen LogP contribution is 1.99. The van der Waals surface area contributed by atoms with E-state index in [1.807, 2.05) is 0 Å². The maximum Gasteiger partial charge on any atom is 0.112 e. The summed E-state index contributed by atoms with van der Waals surface area (Å²) < 4.78 is 0. The van der Waals surface area contributed by atoms with Crippen LogP contribution in [0.1, 0.15) is 11.7 Å². The number of nitrogens with zero attached hydrogens (tertiary/aromatic N) is 2. The summed E-state index contributed by atoms with van der Waals surface area (Å²) in [5.74, 6) is 2.32. The van der Waals surface area contributed by atoms with Gasteiger partial charge in [-0.1, -0.05) is 5.92 Å². The molecule has 1 heterocycles. The van der Waals surface area contributed by atoms with Gasteiger partial charge < -0.3 is 5.73 Å². The van der Waals surface area contributed by atoms with Gasteiger partial charge in [0.25, 0.3) is 0 Å². The average molecular weight is 122 g/mol. The molecule has 0 spiro atoms. The number of rotatable bonds is 1. The van der Waals surface area contributed by atoms with E-state index < -0.39 is 6.04 Å². The number of terminal acetylenes is 1. The molecule has 0 aliphatic heterocycles. The second-order valence-electron chi connectivity index (χ2n) is 1.54. The van der Waals surface area contributed by atoms with Crippen LogP contribution >= 0.6 is 0 Å². The van der Waals surface area contributed by atoms with Crippen molar-refractivity contribution in [3.05, 3.63) is 11.9 Å². The van der Waals surface area contributed by atoms with E-state index in [2.05, 4.69) is 21.3 Å². The van der Waals surface area contributed by atoms with Crippen LogP contribution in [0.25, 0.3) is 0 Å². The zero-order valence-electron chi connectivity index (χ0n) is 4.70. The summed E-state index contributed by atoms with van der Waals surface area (Å²) in [7, 11) is 0. The predicted octanol–water partition coefficient (Wildman–Crippen LogP) is -0.562. The Bertz CT molecular complexity index is 207. The van der Waals surface area contributed by atoms with E-state index in [-0.39, 0.29) is 0 Å². The van der Waals surface area contributed by atoms with Gasteiger partial charge in [0.1, 0.15) is 11.7 Å². The normalized spacial score (nSPS) is 12.4. The van der Waals surface area contributed by atoms with Crippen molar-refractivity contribution in [1.29, 1.82) is 0 Å². The van der Waals surface area contributed by atoms with Crippen LogP contribution in [0.5, 0.6) is 0 Å². The predicted molar refractivity (Wildman–Crippen MR) is 32.1 cm³/mol. The number of nitrogens with two attached hydrogens (primary N) is 1. The minimum absolute atomic E-state index is 0.441. The van der Waals surface area contributed by atoms with Gasteiger partial charge in [-0.2, -0.15) is 15.4 Å². The van der Waals surface area contributed by atoms with E-state index in [1.165, 1.54) is 6.20 Å². The van der Waals surface area contributed by atoms with Crippen molar-refractivity contribution in [2.75, 3.05) is 0 Å². The first-order chi connectivity index (χ1) is 4.34. The third-order valence-corrected chi connectivity index (χ3v) is 0.932. The molecule has 0 aliphatic carbocycles. The number of hydrogen-bond acceptors (Lipinski definition) is 3.